The third kappa shape index (κ3) is 6.13. The van der Waals surface area contributed by atoms with Gasteiger partial charge in [-0.25, -0.2) is 0 Å². The van der Waals surface area contributed by atoms with Crippen LogP contribution >= 0.6 is 0 Å². The second-order valence-corrected chi connectivity index (χ2v) is 6.55. The number of amides is 2. The van der Waals surface area contributed by atoms with E-state index in [4.69, 9.17) is 14.2 Å². The van der Waals surface area contributed by atoms with Crippen molar-refractivity contribution >= 4 is 11.8 Å². The molecule has 0 atom stereocenters. The van der Waals surface area contributed by atoms with Crippen LogP contribution in [0.4, 0.5) is 0 Å². The third-order valence-corrected chi connectivity index (χ3v) is 4.80. The maximum atomic E-state index is 12.6. The highest BCUT2D eigenvalue weighted by atomic mass is 16.5. The highest BCUT2D eigenvalue weighted by Gasteiger charge is 2.21. The van der Waals surface area contributed by atoms with Crippen molar-refractivity contribution in [2.24, 2.45) is 0 Å². The van der Waals surface area contributed by atoms with Crippen LogP contribution in [0.15, 0.2) is 18.2 Å². The zero-order valence-corrected chi connectivity index (χ0v) is 16.5. The van der Waals surface area contributed by atoms with Crippen LogP contribution in [0.3, 0.4) is 0 Å². The topological polar surface area (TPSA) is 68.3 Å². The summed E-state index contributed by atoms with van der Waals surface area (Å²) in [4.78, 5) is 28.4. The molecule has 0 bridgehead atoms. The van der Waals surface area contributed by atoms with E-state index < -0.39 is 0 Å². The largest absolute Gasteiger partial charge is 0.493 e. The molecule has 2 rings (SSSR count). The minimum Gasteiger partial charge on any atom is -0.493 e. The molecule has 1 heterocycles. The lowest BCUT2D eigenvalue weighted by Crippen LogP contribution is -2.37. The van der Waals surface area contributed by atoms with E-state index in [9.17, 15) is 9.59 Å². The molecular weight excluding hydrogens is 348 g/mol. The minimum absolute atomic E-state index is 0.0940. The van der Waals surface area contributed by atoms with Gasteiger partial charge in [0.2, 0.25) is 11.8 Å². The van der Waals surface area contributed by atoms with Crippen LogP contribution in [0, 0.1) is 0 Å². The van der Waals surface area contributed by atoms with Crippen molar-refractivity contribution in [1.29, 1.82) is 0 Å². The zero-order chi connectivity index (χ0) is 19.6. The van der Waals surface area contributed by atoms with Gasteiger partial charge in [-0.15, -0.1) is 0 Å². The number of carbonyl (C=O) groups excluding carboxylic acids is 2. The Hall–Kier alpha value is -2.28. The number of aryl methyl sites for hydroxylation is 1. The molecule has 0 saturated carbocycles. The van der Waals surface area contributed by atoms with E-state index in [1.807, 2.05) is 28.0 Å². The van der Waals surface area contributed by atoms with Crippen molar-refractivity contribution in [3.63, 3.8) is 0 Å². The van der Waals surface area contributed by atoms with Crippen molar-refractivity contribution < 1.29 is 23.8 Å². The van der Waals surface area contributed by atoms with Gasteiger partial charge in [-0.2, -0.15) is 0 Å². The monoisotopic (exact) mass is 378 g/mol. The van der Waals surface area contributed by atoms with Crippen LogP contribution in [0.1, 0.15) is 24.8 Å². The van der Waals surface area contributed by atoms with Gasteiger partial charge in [0.15, 0.2) is 11.5 Å². The van der Waals surface area contributed by atoms with Crippen LogP contribution in [-0.2, 0) is 20.7 Å². The maximum Gasteiger partial charge on any atom is 0.224 e. The summed E-state index contributed by atoms with van der Waals surface area (Å²) in [5, 5.41) is 0. The summed E-state index contributed by atoms with van der Waals surface area (Å²) < 4.78 is 15.5. The first-order valence-corrected chi connectivity index (χ1v) is 9.34. The Kier molecular flexibility index (Phi) is 8.39. The molecule has 0 spiro atoms. The molecule has 1 saturated heterocycles. The second kappa shape index (κ2) is 10.8. The van der Waals surface area contributed by atoms with Crippen LogP contribution in [0.5, 0.6) is 11.5 Å². The molecule has 0 radical (unpaired) electrons. The Morgan fingerprint density at radius 2 is 1.52 bits per heavy atom. The average Bonchev–Trinajstić information content (AvgIpc) is 2.96. The van der Waals surface area contributed by atoms with Crippen LogP contribution in [0.2, 0.25) is 0 Å². The van der Waals surface area contributed by atoms with E-state index in [2.05, 4.69) is 0 Å². The maximum absolute atomic E-state index is 12.6. The van der Waals surface area contributed by atoms with Crippen LogP contribution < -0.4 is 9.47 Å². The normalized spacial score (nSPS) is 14.6. The van der Waals surface area contributed by atoms with E-state index in [1.165, 1.54) is 0 Å². The molecule has 0 unspecified atom stereocenters. The average molecular weight is 378 g/mol. The number of nitrogens with zero attached hydrogens (tertiary/aromatic N) is 2. The van der Waals surface area contributed by atoms with Gasteiger partial charge >= 0.3 is 0 Å². The van der Waals surface area contributed by atoms with E-state index in [-0.39, 0.29) is 11.8 Å². The quantitative estimate of drug-likeness (QED) is 0.689. The summed E-state index contributed by atoms with van der Waals surface area (Å²) in [5.41, 5.74) is 1.03. The highest BCUT2D eigenvalue weighted by Crippen LogP contribution is 2.28. The second-order valence-electron chi connectivity index (χ2n) is 6.55. The number of carbonyl (C=O) groups is 2. The molecule has 0 aliphatic carbocycles. The lowest BCUT2D eigenvalue weighted by atomic mass is 10.1. The van der Waals surface area contributed by atoms with Crippen LogP contribution in [0.25, 0.3) is 0 Å². The number of benzene rings is 1. The van der Waals surface area contributed by atoms with Crippen molar-refractivity contribution in [1.82, 2.24) is 9.80 Å². The summed E-state index contributed by atoms with van der Waals surface area (Å²) in [6, 6.07) is 5.71. The van der Waals surface area contributed by atoms with Crippen molar-refractivity contribution in [3.8, 4) is 11.5 Å². The molecule has 7 nitrogen and oxygen atoms in total. The summed E-state index contributed by atoms with van der Waals surface area (Å²) in [6.45, 7) is 3.00. The smallest absolute Gasteiger partial charge is 0.224 e. The van der Waals surface area contributed by atoms with Gasteiger partial charge in [0.25, 0.3) is 0 Å². The highest BCUT2D eigenvalue weighted by molar-refractivity contribution is 5.78. The fraction of sp³-hybridized carbons (Fsp3) is 0.600. The molecule has 1 aromatic rings. The molecule has 0 N–H and O–H groups in total. The van der Waals surface area contributed by atoms with Gasteiger partial charge in [0.1, 0.15) is 0 Å². The van der Waals surface area contributed by atoms with E-state index in [1.54, 1.807) is 21.3 Å². The van der Waals surface area contributed by atoms with Gasteiger partial charge in [-0.3, -0.25) is 9.59 Å². The Morgan fingerprint density at radius 3 is 2.11 bits per heavy atom. The SMILES string of the molecule is COCCC(=O)N1CCCN(C(=O)CCc2ccc(OC)c(OC)c2)CC1. The van der Waals surface area contributed by atoms with Gasteiger partial charge in [-0.1, -0.05) is 6.07 Å². The molecule has 1 fully saturated rings. The first kappa shape index (κ1) is 21.0. The van der Waals surface area contributed by atoms with E-state index in [0.29, 0.717) is 63.5 Å². The third-order valence-electron chi connectivity index (χ3n) is 4.80. The van der Waals surface area contributed by atoms with Crippen LogP contribution in [-0.4, -0.2) is 75.7 Å². The van der Waals surface area contributed by atoms with E-state index in [0.717, 1.165) is 12.0 Å². The fourth-order valence-electron chi connectivity index (χ4n) is 3.21. The number of rotatable bonds is 8. The predicted molar refractivity (Wildman–Crippen MR) is 102 cm³/mol. The lowest BCUT2D eigenvalue weighted by molar-refractivity contribution is -0.134. The Bertz CT molecular complexity index is 635. The van der Waals surface area contributed by atoms with Crippen molar-refractivity contribution in [3.05, 3.63) is 23.8 Å². The Labute approximate surface area is 161 Å². The zero-order valence-electron chi connectivity index (χ0n) is 16.5. The molecule has 1 aromatic carbocycles. The number of methoxy groups -OCH3 is 3. The van der Waals surface area contributed by atoms with Crippen molar-refractivity contribution in [2.75, 3.05) is 54.1 Å². The number of hydrogen-bond donors (Lipinski definition) is 0. The Morgan fingerprint density at radius 1 is 0.889 bits per heavy atom. The predicted octanol–water partition coefficient (Wildman–Crippen LogP) is 1.73. The molecule has 1 aliphatic heterocycles. The van der Waals surface area contributed by atoms with Crippen molar-refractivity contribution in [2.45, 2.75) is 25.7 Å². The molecular formula is C20H30N2O5. The molecule has 0 aromatic heterocycles. The summed E-state index contributed by atoms with van der Waals surface area (Å²) in [5.74, 6) is 1.56. The molecule has 1 aliphatic rings. The van der Waals surface area contributed by atoms with Gasteiger partial charge in [-0.05, 0) is 30.5 Å². The van der Waals surface area contributed by atoms with E-state index >= 15 is 0 Å². The first-order chi connectivity index (χ1) is 13.1. The molecule has 27 heavy (non-hydrogen) atoms. The summed E-state index contributed by atoms with van der Waals surface area (Å²) in [6.07, 6.45) is 2.28. The number of hydrogen-bond acceptors (Lipinski definition) is 5. The summed E-state index contributed by atoms with van der Waals surface area (Å²) >= 11 is 0. The lowest BCUT2D eigenvalue weighted by Gasteiger charge is -2.22. The van der Waals surface area contributed by atoms with Gasteiger partial charge < -0.3 is 24.0 Å². The Balaban J connectivity index is 1.85. The number of ether oxygens (including phenoxy) is 3. The standard InChI is InChI=1S/C20H30N2O5/c1-25-14-9-20(24)22-11-4-10-21(12-13-22)19(23)8-6-16-5-7-17(26-2)18(15-16)27-3/h5,7,15H,4,6,8-14H2,1-3H3. The molecule has 7 heteroatoms. The molecule has 150 valence electrons. The minimum atomic E-state index is 0.0940. The summed E-state index contributed by atoms with van der Waals surface area (Å²) in [7, 11) is 4.79. The van der Waals surface area contributed by atoms with Gasteiger partial charge in [0, 0.05) is 39.7 Å². The van der Waals surface area contributed by atoms with Gasteiger partial charge in [0.05, 0.1) is 27.2 Å². The molecule has 2 amide bonds. The fourth-order valence-corrected chi connectivity index (χ4v) is 3.21. The first-order valence-electron chi connectivity index (χ1n) is 9.34.